The van der Waals surface area contributed by atoms with Crippen LogP contribution in [0.2, 0.25) is 0 Å². The molecule has 8 heteroatoms. The normalized spacial score (nSPS) is 14.8. The van der Waals surface area contributed by atoms with Gasteiger partial charge in [0.2, 0.25) is 0 Å². The minimum atomic E-state index is -0.467. The van der Waals surface area contributed by atoms with Crippen molar-refractivity contribution in [2.75, 3.05) is 31.6 Å². The number of amides is 2. The Morgan fingerprint density at radius 2 is 1.88 bits per heavy atom. The summed E-state index contributed by atoms with van der Waals surface area (Å²) in [6.45, 7) is 10.7. The van der Waals surface area contributed by atoms with Gasteiger partial charge in [-0.15, -0.1) is 11.3 Å². The molecule has 1 saturated heterocycles. The number of likely N-dealkylation sites (tertiary alicyclic amines) is 1. The summed E-state index contributed by atoms with van der Waals surface area (Å²) in [5.74, 6) is 0.394. The number of nitrogens with zero attached hydrogens (tertiary/aromatic N) is 3. The number of rotatable bonds is 7. The summed E-state index contributed by atoms with van der Waals surface area (Å²) < 4.78 is 5.52. The molecule has 0 saturated carbocycles. The predicted octanol–water partition coefficient (Wildman–Crippen LogP) is 4.85. The molecule has 7 nitrogen and oxygen atoms in total. The number of benzene rings is 1. The van der Waals surface area contributed by atoms with Crippen LogP contribution in [0.4, 0.5) is 9.93 Å². The highest BCUT2D eigenvalue weighted by molar-refractivity contribution is 7.15. The highest BCUT2D eigenvalue weighted by Gasteiger charge is 2.27. The van der Waals surface area contributed by atoms with Crippen LogP contribution in [0.15, 0.2) is 30.3 Å². The number of anilines is 1. The molecule has 180 valence electrons. The molecule has 0 unspecified atom stereocenters. The van der Waals surface area contributed by atoms with Gasteiger partial charge in [-0.25, -0.2) is 9.78 Å². The zero-order chi connectivity index (χ0) is 24.0. The second-order valence-electron chi connectivity index (χ2n) is 9.59. The first-order chi connectivity index (χ1) is 15.7. The lowest BCUT2D eigenvalue weighted by atomic mass is 9.93. The largest absolute Gasteiger partial charge is 0.444 e. The summed E-state index contributed by atoms with van der Waals surface area (Å²) in [4.78, 5) is 34.2. The third-order valence-electron chi connectivity index (χ3n) is 5.79. The van der Waals surface area contributed by atoms with Crippen LogP contribution < -0.4 is 10.2 Å². The van der Waals surface area contributed by atoms with Gasteiger partial charge in [-0.3, -0.25) is 4.79 Å². The van der Waals surface area contributed by atoms with Gasteiger partial charge in [-0.1, -0.05) is 30.3 Å². The zero-order valence-corrected chi connectivity index (χ0v) is 21.2. The van der Waals surface area contributed by atoms with Crippen LogP contribution in [0.1, 0.15) is 61.0 Å². The van der Waals surface area contributed by atoms with Crippen molar-refractivity contribution >= 4 is 28.5 Å². The number of thiazole rings is 1. The second-order valence-corrected chi connectivity index (χ2v) is 10.8. The molecule has 0 aliphatic carbocycles. The minimum Gasteiger partial charge on any atom is -0.444 e. The molecule has 33 heavy (non-hydrogen) atoms. The molecule has 3 rings (SSSR count). The lowest BCUT2D eigenvalue weighted by molar-refractivity contribution is 0.0182. The van der Waals surface area contributed by atoms with Crippen molar-refractivity contribution in [1.29, 1.82) is 0 Å². The highest BCUT2D eigenvalue weighted by atomic mass is 32.1. The van der Waals surface area contributed by atoms with E-state index >= 15 is 0 Å². The lowest BCUT2D eigenvalue weighted by Crippen LogP contribution is -2.42. The molecule has 1 aromatic carbocycles. The van der Waals surface area contributed by atoms with Gasteiger partial charge < -0.3 is 19.9 Å². The maximum Gasteiger partial charge on any atom is 0.410 e. The number of carbonyl (C=O) groups excluding carboxylic acids is 2. The van der Waals surface area contributed by atoms with Gasteiger partial charge in [0.1, 0.15) is 11.3 Å². The van der Waals surface area contributed by atoms with Crippen LogP contribution >= 0.6 is 11.3 Å². The fraction of sp³-hybridized carbons (Fsp3) is 0.560. The molecule has 0 atom stereocenters. The predicted molar refractivity (Wildman–Crippen MR) is 133 cm³/mol. The van der Waals surface area contributed by atoms with Crippen molar-refractivity contribution in [3.8, 4) is 0 Å². The van der Waals surface area contributed by atoms with E-state index in [-0.39, 0.29) is 12.0 Å². The Hall–Kier alpha value is -2.61. The van der Waals surface area contributed by atoms with E-state index < -0.39 is 5.60 Å². The van der Waals surface area contributed by atoms with E-state index in [1.807, 2.05) is 50.8 Å². The fourth-order valence-electron chi connectivity index (χ4n) is 3.96. The minimum absolute atomic E-state index is 0.149. The van der Waals surface area contributed by atoms with Gasteiger partial charge in [0, 0.05) is 38.1 Å². The Morgan fingerprint density at radius 1 is 1.21 bits per heavy atom. The fourth-order valence-corrected chi connectivity index (χ4v) is 4.89. The molecule has 1 aromatic heterocycles. The number of nitrogens with one attached hydrogen (secondary N) is 1. The number of hydrogen-bond donors (Lipinski definition) is 1. The molecule has 1 aliphatic rings. The van der Waals surface area contributed by atoms with Gasteiger partial charge in [0.15, 0.2) is 5.13 Å². The summed E-state index contributed by atoms with van der Waals surface area (Å²) in [5.41, 5.74) is 1.25. The Morgan fingerprint density at radius 3 is 2.48 bits per heavy atom. The van der Waals surface area contributed by atoms with Crippen LogP contribution in [0.5, 0.6) is 0 Å². The number of ether oxygens (including phenoxy) is 1. The average Bonchev–Trinajstić information content (AvgIpc) is 3.17. The topological polar surface area (TPSA) is 74.8 Å². The van der Waals surface area contributed by atoms with E-state index in [1.165, 1.54) is 5.56 Å². The van der Waals surface area contributed by atoms with E-state index in [4.69, 9.17) is 4.74 Å². The monoisotopic (exact) mass is 472 g/mol. The van der Waals surface area contributed by atoms with Gasteiger partial charge in [0.25, 0.3) is 5.91 Å². The highest BCUT2D eigenvalue weighted by Crippen LogP contribution is 2.29. The van der Waals surface area contributed by atoms with E-state index in [1.54, 1.807) is 18.4 Å². The van der Waals surface area contributed by atoms with Crippen LogP contribution in [-0.2, 0) is 11.3 Å². The quantitative estimate of drug-likeness (QED) is 0.623. The molecule has 0 spiro atoms. The zero-order valence-electron chi connectivity index (χ0n) is 20.4. The van der Waals surface area contributed by atoms with Crippen LogP contribution in [-0.4, -0.2) is 54.2 Å². The molecule has 1 N–H and O–H groups in total. The van der Waals surface area contributed by atoms with Crippen molar-refractivity contribution in [2.24, 2.45) is 5.92 Å². The maximum absolute atomic E-state index is 12.3. The van der Waals surface area contributed by atoms with Crippen molar-refractivity contribution in [3.05, 3.63) is 46.5 Å². The molecule has 2 heterocycles. The molecule has 1 fully saturated rings. The first kappa shape index (κ1) is 25.0. The standard InChI is InChI=1S/C25H36N4O3S/c1-18-21(22(30)26-5)27-23(33-18)29(17-20-9-7-6-8-10-20)16-13-19-11-14-28(15-12-19)24(31)32-25(2,3)4/h6-10,19H,11-17H2,1-5H3,(H,26,30). The van der Waals surface area contributed by atoms with Crippen LogP contribution in [0.25, 0.3) is 0 Å². The number of aryl methyl sites for hydroxylation is 1. The molecule has 0 radical (unpaired) electrons. The Balaban J connectivity index is 1.63. The number of piperidine rings is 1. The lowest BCUT2D eigenvalue weighted by Gasteiger charge is -2.34. The van der Waals surface area contributed by atoms with Crippen molar-refractivity contribution in [3.63, 3.8) is 0 Å². The van der Waals surface area contributed by atoms with Gasteiger partial charge in [-0.2, -0.15) is 0 Å². The number of aromatic nitrogens is 1. The van der Waals surface area contributed by atoms with E-state index in [2.05, 4.69) is 27.3 Å². The third kappa shape index (κ3) is 7.19. The molecular formula is C25H36N4O3S. The SMILES string of the molecule is CNC(=O)c1nc(N(CCC2CCN(C(=O)OC(C)(C)C)CC2)Cc2ccccc2)sc1C. The van der Waals surface area contributed by atoms with Crippen molar-refractivity contribution in [2.45, 2.75) is 59.1 Å². The Bertz CT molecular complexity index is 931. The van der Waals surface area contributed by atoms with Gasteiger partial charge in [0.05, 0.1) is 0 Å². The first-order valence-corrected chi connectivity index (χ1v) is 12.4. The molecule has 0 bridgehead atoms. The van der Waals surface area contributed by atoms with Crippen LogP contribution in [0.3, 0.4) is 0 Å². The number of carbonyl (C=O) groups is 2. The summed E-state index contributed by atoms with van der Waals surface area (Å²) in [7, 11) is 1.63. The molecule has 2 aromatic rings. The Kier molecular flexibility index (Phi) is 8.35. The third-order valence-corrected chi connectivity index (χ3v) is 6.82. The molecular weight excluding hydrogens is 436 g/mol. The summed E-state index contributed by atoms with van der Waals surface area (Å²) in [5, 5.41) is 3.56. The average molecular weight is 473 g/mol. The molecule has 1 aliphatic heterocycles. The molecule has 2 amide bonds. The van der Waals surface area contributed by atoms with E-state index in [9.17, 15) is 9.59 Å². The summed E-state index contributed by atoms with van der Waals surface area (Å²) in [6.07, 6.45) is 2.74. The van der Waals surface area contributed by atoms with Gasteiger partial charge >= 0.3 is 6.09 Å². The van der Waals surface area contributed by atoms with Crippen molar-refractivity contribution in [1.82, 2.24) is 15.2 Å². The number of hydrogen-bond acceptors (Lipinski definition) is 6. The van der Waals surface area contributed by atoms with Crippen molar-refractivity contribution < 1.29 is 14.3 Å². The van der Waals surface area contributed by atoms with E-state index in [0.717, 1.165) is 55.5 Å². The van der Waals surface area contributed by atoms with Crippen LogP contribution in [0, 0.1) is 12.8 Å². The van der Waals surface area contributed by atoms with E-state index in [0.29, 0.717) is 11.6 Å². The summed E-state index contributed by atoms with van der Waals surface area (Å²) >= 11 is 1.57. The second kappa shape index (κ2) is 11.0. The van der Waals surface area contributed by atoms with Gasteiger partial charge in [-0.05, 0) is 58.4 Å². The smallest absolute Gasteiger partial charge is 0.410 e. The Labute approximate surface area is 201 Å². The first-order valence-electron chi connectivity index (χ1n) is 11.6. The maximum atomic E-state index is 12.3. The summed E-state index contributed by atoms with van der Waals surface area (Å²) in [6, 6.07) is 10.3.